The fourth-order valence-corrected chi connectivity index (χ4v) is 2.82. The summed E-state index contributed by atoms with van der Waals surface area (Å²) in [7, 11) is 2.52. The maximum Gasteiger partial charge on any atom is 0.338 e. The number of hydrogen-bond donors (Lipinski definition) is 2. The Balaban J connectivity index is 2.45. The molecular weight excluding hydrogens is 320 g/mol. The predicted octanol–water partition coefficient (Wildman–Crippen LogP) is 1.60. The number of methoxy groups -OCH3 is 2. The molecule has 1 aromatic carbocycles. The van der Waals surface area contributed by atoms with Gasteiger partial charge in [0.15, 0.2) is 17.6 Å². The van der Waals surface area contributed by atoms with Gasteiger partial charge in [-0.05, 0) is 13.0 Å². The van der Waals surface area contributed by atoms with Gasteiger partial charge in [0.05, 0.1) is 29.7 Å². The SMILES string of the molecule is COC(=O)c1cc(O)c(O)c2oc3c(c(=O)c12)C(OC)OC(C)C3. The molecule has 0 amide bonds. The number of phenolic OH excluding ortho intramolecular Hbond substituents is 2. The van der Waals surface area contributed by atoms with Gasteiger partial charge in [0.25, 0.3) is 0 Å². The fourth-order valence-electron chi connectivity index (χ4n) is 2.82. The van der Waals surface area contributed by atoms with E-state index in [2.05, 4.69) is 4.74 Å². The van der Waals surface area contributed by atoms with Gasteiger partial charge >= 0.3 is 5.97 Å². The molecule has 0 spiro atoms. The van der Waals surface area contributed by atoms with Crippen molar-refractivity contribution in [2.24, 2.45) is 0 Å². The maximum absolute atomic E-state index is 12.9. The number of carbonyl (C=O) groups excluding carboxylic acids is 1. The Morgan fingerprint density at radius 1 is 1.33 bits per heavy atom. The lowest BCUT2D eigenvalue weighted by Crippen LogP contribution is -2.30. The average Bonchev–Trinajstić information content (AvgIpc) is 2.56. The molecule has 2 unspecified atom stereocenters. The van der Waals surface area contributed by atoms with Crippen molar-refractivity contribution >= 4 is 16.9 Å². The van der Waals surface area contributed by atoms with Crippen molar-refractivity contribution in [2.75, 3.05) is 14.2 Å². The number of phenols is 2. The number of hydrogen-bond acceptors (Lipinski definition) is 8. The number of aromatic hydroxyl groups is 2. The van der Waals surface area contributed by atoms with Crippen molar-refractivity contribution in [1.82, 2.24) is 0 Å². The monoisotopic (exact) mass is 336 g/mol. The molecule has 2 N–H and O–H groups in total. The van der Waals surface area contributed by atoms with Crippen molar-refractivity contribution in [3.8, 4) is 11.5 Å². The molecule has 0 saturated carbocycles. The van der Waals surface area contributed by atoms with E-state index in [4.69, 9.17) is 13.9 Å². The first-order chi connectivity index (χ1) is 11.4. The highest BCUT2D eigenvalue weighted by Gasteiger charge is 2.33. The van der Waals surface area contributed by atoms with E-state index < -0.39 is 29.2 Å². The van der Waals surface area contributed by atoms with Gasteiger partial charge in [0, 0.05) is 13.5 Å². The number of ether oxygens (including phenoxy) is 3. The van der Waals surface area contributed by atoms with Crippen LogP contribution in [-0.4, -0.2) is 36.5 Å². The maximum atomic E-state index is 12.9. The van der Waals surface area contributed by atoms with Gasteiger partial charge in [-0.2, -0.15) is 0 Å². The van der Waals surface area contributed by atoms with Gasteiger partial charge in [-0.15, -0.1) is 0 Å². The number of benzene rings is 1. The van der Waals surface area contributed by atoms with Crippen LogP contribution in [0.15, 0.2) is 15.3 Å². The van der Waals surface area contributed by atoms with Crippen molar-refractivity contribution < 1.29 is 33.6 Å². The van der Waals surface area contributed by atoms with Crippen LogP contribution in [0.3, 0.4) is 0 Å². The summed E-state index contributed by atoms with van der Waals surface area (Å²) in [6, 6.07) is 0.959. The third-order valence-electron chi connectivity index (χ3n) is 3.92. The first-order valence-electron chi connectivity index (χ1n) is 7.20. The zero-order valence-corrected chi connectivity index (χ0v) is 13.3. The summed E-state index contributed by atoms with van der Waals surface area (Å²) in [5, 5.41) is 19.7. The van der Waals surface area contributed by atoms with Crippen LogP contribution in [0.2, 0.25) is 0 Å². The lowest BCUT2D eigenvalue weighted by atomic mass is 10.00. The van der Waals surface area contributed by atoms with Gasteiger partial charge in [0.2, 0.25) is 11.2 Å². The summed E-state index contributed by atoms with van der Waals surface area (Å²) >= 11 is 0. The minimum absolute atomic E-state index is 0.123. The van der Waals surface area contributed by atoms with Crippen LogP contribution >= 0.6 is 0 Å². The summed E-state index contributed by atoms with van der Waals surface area (Å²) in [5.74, 6) is -1.78. The molecule has 24 heavy (non-hydrogen) atoms. The molecule has 2 heterocycles. The molecule has 128 valence electrons. The molecule has 0 radical (unpaired) electrons. The molecule has 1 aliphatic heterocycles. The Morgan fingerprint density at radius 2 is 2.04 bits per heavy atom. The van der Waals surface area contributed by atoms with Gasteiger partial charge in [0.1, 0.15) is 5.76 Å². The molecular formula is C16H16O8. The fraction of sp³-hybridized carbons (Fsp3) is 0.375. The lowest BCUT2D eigenvalue weighted by molar-refractivity contribution is -0.166. The van der Waals surface area contributed by atoms with E-state index in [1.165, 1.54) is 7.11 Å². The summed E-state index contributed by atoms with van der Waals surface area (Å²) in [6.45, 7) is 1.78. The van der Waals surface area contributed by atoms with Crippen LogP contribution in [0.25, 0.3) is 11.0 Å². The van der Waals surface area contributed by atoms with Crippen molar-refractivity contribution in [3.63, 3.8) is 0 Å². The number of rotatable bonds is 2. The number of fused-ring (bicyclic) bond motifs is 2. The van der Waals surface area contributed by atoms with Gasteiger partial charge in [-0.3, -0.25) is 4.79 Å². The second kappa shape index (κ2) is 5.81. The summed E-state index contributed by atoms with van der Waals surface area (Å²) in [5.41, 5.74) is -0.949. The van der Waals surface area contributed by atoms with Crippen LogP contribution < -0.4 is 5.43 Å². The highest BCUT2D eigenvalue weighted by atomic mass is 16.7. The first kappa shape index (κ1) is 16.3. The van der Waals surface area contributed by atoms with Crippen molar-refractivity contribution in [2.45, 2.75) is 25.7 Å². The Bertz CT molecular complexity index is 882. The van der Waals surface area contributed by atoms with Gasteiger partial charge < -0.3 is 28.8 Å². The Hall–Kier alpha value is -2.58. The van der Waals surface area contributed by atoms with E-state index in [-0.39, 0.29) is 40.4 Å². The third-order valence-corrected chi connectivity index (χ3v) is 3.92. The Labute approximate surface area is 136 Å². The predicted molar refractivity (Wildman–Crippen MR) is 81.2 cm³/mol. The minimum Gasteiger partial charge on any atom is -0.504 e. The highest BCUT2D eigenvalue weighted by molar-refractivity contribution is 6.05. The largest absolute Gasteiger partial charge is 0.504 e. The summed E-state index contributed by atoms with van der Waals surface area (Å²) in [6.07, 6.45) is -0.948. The quantitative estimate of drug-likeness (QED) is 0.627. The van der Waals surface area contributed by atoms with Crippen LogP contribution in [0.4, 0.5) is 0 Å². The van der Waals surface area contributed by atoms with Crippen LogP contribution in [-0.2, 0) is 20.6 Å². The van der Waals surface area contributed by atoms with E-state index in [0.717, 1.165) is 13.2 Å². The van der Waals surface area contributed by atoms with Crippen LogP contribution in [0, 0.1) is 0 Å². The van der Waals surface area contributed by atoms with E-state index in [9.17, 15) is 19.8 Å². The normalized spacial score (nSPS) is 20.0. The second-order valence-corrected chi connectivity index (χ2v) is 5.47. The zero-order chi connectivity index (χ0) is 17.6. The first-order valence-corrected chi connectivity index (χ1v) is 7.20. The smallest absolute Gasteiger partial charge is 0.338 e. The molecule has 8 heteroatoms. The zero-order valence-electron chi connectivity index (χ0n) is 13.3. The third kappa shape index (κ3) is 2.31. The second-order valence-electron chi connectivity index (χ2n) is 5.47. The summed E-state index contributed by atoms with van der Waals surface area (Å²) in [4.78, 5) is 24.9. The van der Waals surface area contributed by atoms with E-state index in [1.54, 1.807) is 6.92 Å². The van der Waals surface area contributed by atoms with Crippen LogP contribution in [0.1, 0.15) is 34.9 Å². The molecule has 2 atom stereocenters. The number of carbonyl (C=O) groups is 1. The van der Waals surface area contributed by atoms with Gasteiger partial charge in [-0.1, -0.05) is 0 Å². The summed E-state index contributed by atoms with van der Waals surface area (Å²) < 4.78 is 21.0. The highest BCUT2D eigenvalue weighted by Crippen LogP contribution is 2.39. The van der Waals surface area contributed by atoms with E-state index in [1.807, 2.05) is 0 Å². The molecule has 1 aromatic heterocycles. The minimum atomic E-state index is -0.953. The molecule has 0 bridgehead atoms. The molecule has 0 saturated heterocycles. The van der Waals surface area contributed by atoms with Crippen LogP contribution in [0.5, 0.6) is 11.5 Å². The molecule has 0 fully saturated rings. The van der Waals surface area contributed by atoms with Gasteiger partial charge in [-0.25, -0.2) is 4.79 Å². The Kier molecular flexibility index (Phi) is 3.94. The Morgan fingerprint density at radius 3 is 2.67 bits per heavy atom. The standard InChI is InChI=1S/C16H16O8/c1-6-4-9-11(16(22-3)23-6)13(19)10-7(15(20)21-2)5-8(17)12(18)14(10)24-9/h5-6,16-18H,4H2,1-3H3. The molecule has 8 nitrogen and oxygen atoms in total. The lowest BCUT2D eigenvalue weighted by Gasteiger charge is -2.28. The molecule has 1 aliphatic rings. The topological polar surface area (TPSA) is 115 Å². The van der Waals surface area contributed by atoms with E-state index >= 15 is 0 Å². The van der Waals surface area contributed by atoms with E-state index in [0.29, 0.717) is 0 Å². The molecule has 3 rings (SSSR count). The molecule has 0 aliphatic carbocycles. The average molecular weight is 336 g/mol. The van der Waals surface area contributed by atoms with Crippen molar-refractivity contribution in [1.29, 1.82) is 0 Å². The van der Waals surface area contributed by atoms with Crippen molar-refractivity contribution in [3.05, 3.63) is 33.2 Å². The molecule has 2 aromatic rings. The number of esters is 1.